The molecular weight excluding hydrogens is 398 g/mol. The van der Waals surface area contributed by atoms with E-state index in [-0.39, 0.29) is 11.6 Å². The average molecular weight is 412 g/mol. The molecule has 0 aliphatic carbocycles. The molecule has 0 bridgehead atoms. The van der Waals surface area contributed by atoms with Gasteiger partial charge in [0.1, 0.15) is 6.33 Å². The maximum atomic E-state index is 12.7. The summed E-state index contributed by atoms with van der Waals surface area (Å²) >= 11 is 7.49. The molecule has 28 heavy (non-hydrogen) atoms. The van der Waals surface area contributed by atoms with E-state index in [9.17, 15) is 4.79 Å². The molecule has 2 aromatic heterocycles. The molecule has 8 nitrogen and oxygen atoms in total. The Morgan fingerprint density at radius 2 is 2.00 bits per heavy atom. The number of benzene rings is 2. The third kappa shape index (κ3) is 3.90. The van der Waals surface area contributed by atoms with Crippen molar-refractivity contribution in [2.75, 3.05) is 5.32 Å². The minimum Gasteiger partial charge on any atom is -0.319 e. The fraction of sp³-hybridized carbons (Fsp3) is 0.0556. The summed E-state index contributed by atoms with van der Waals surface area (Å²) in [5.41, 5.74) is 1.51. The molecule has 2 aromatic carbocycles. The monoisotopic (exact) mass is 411 g/mol. The van der Waals surface area contributed by atoms with Crippen molar-refractivity contribution >= 4 is 35.0 Å². The van der Waals surface area contributed by atoms with Crippen LogP contribution in [-0.2, 0) is 7.05 Å². The van der Waals surface area contributed by atoms with Gasteiger partial charge in [0.25, 0.3) is 5.91 Å². The molecule has 1 amide bonds. The molecule has 0 atom stereocenters. The fourth-order valence-electron chi connectivity index (χ4n) is 2.39. The van der Waals surface area contributed by atoms with Crippen molar-refractivity contribution in [3.05, 3.63) is 71.8 Å². The molecule has 0 aliphatic heterocycles. The van der Waals surface area contributed by atoms with Crippen LogP contribution in [0.5, 0.6) is 0 Å². The van der Waals surface area contributed by atoms with Crippen molar-refractivity contribution < 1.29 is 4.79 Å². The number of carbonyl (C=O) groups is 1. The molecule has 0 spiro atoms. The van der Waals surface area contributed by atoms with Gasteiger partial charge in [-0.3, -0.25) is 4.79 Å². The Hall–Kier alpha value is -3.17. The van der Waals surface area contributed by atoms with E-state index in [1.807, 2.05) is 43.4 Å². The topological polar surface area (TPSA) is 90.5 Å². The first kappa shape index (κ1) is 18.2. The van der Waals surface area contributed by atoms with Gasteiger partial charge < -0.3 is 9.88 Å². The van der Waals surface area contributed by atoms with Crippen molar-refractivity contribution in [3.8, 4) is 5.69 Å². The number of hydrogen-bond donors (Lipinski definition) is 1. The summed E-state index contributed by atoms with van der Waals surface area (Å²) in [6.45, 7) is 0. The Bertz CT molecular complexity index is 1130. The molecule has 0 saturated heterocycles. The summed E-state index contributed by atoms with van der Waals surface area (Å²) < 4.78 is 1.79. The Morgan fingerprint density at radius 3 is 2.75 bits per heavy atom. The fourth-order valence-corrected chi connectivity index (χ4v) is 3.40. The van der Waals surface area contributed by atoms with Crippen LogP contribution in [0.2, 0.25) is 5.02 Å². The number of nitrogens with one attached hydrogen (secondary N) is 1. The second kappa shape index (κ2) is 7.83. The number of nitrogens with zero attached hydrogens (tertiary/aromatic N) is 6. The van der Waals surface area contributed by atoms with E-state index < -0.39 is 0 Å². The first-order chi connectivity index (χ1) is 13.6. The second-order valence-corrected chi connectivity index (χ2v) is 7.22. The number of aryl methyl sites for hydroxylation is 1. The lowest BCUT2D eigenvalue weighted by molar-refractivity contribution is 0.102. The van der Waals surface area contributed by atoms with Gasteiger partial charge in [0.15, 0.2) is 10.9 Å². The summed E-state index contributed by atoms with van der Waals surface area (Å²) in [7, 11) is 1.85. The summed E-state index contributed by atoms with van der Waals surface area (Å²) in [5.74, 6) is -0.385. The highest BCUT2D eigenvalue weighted by Crippen LogP contribution is 2.34. The van der Waals surface area contributed by atoms with Crippen LogP contribution in [-0.4, -0.2) is 35.7 Å². The number of hydrogen-bond acceptors (Lipinski definition) is 6. The van der Waals surface area contributed by atoms with E-state index in [1.165, 1.54) is 22.8 Å². The van der Waals surface area contributed by atoms with Crippen LogP contribution in [0.25, 0.3) is 5.69 Å². The van der Waals surface area contributed by atoms with Crippen molar-refractivity contribution in [1.82, 2.24) is 29.8 Å². The van der Waals surface area contributed by atoms with Crippen LogP contribution in [0, 0.1) is 0 Å². The van der Waals surface area contributed by atoms with Crippen molar-refractivity contribution in [3.63, 3.8) is 0 Å². The molecule has 1 N–H and O–H groups in total. The minimum absolute atomic E-state index is 0.193. The lowest BCUT2D eigenvalue weighted by atomic mass is 10.3. The number of rotatable bonds is 5. The molecule has 4 aromatic rings. The van der Waals surface area contributed by atoms with Crippen LogP contribution in [0.15, 0.2) is 71.1 Å². The molecule has 0 aliphatic rings. The van der Waals surface area contributed by atoms with Crippen LogP contribution in [0.1, 0.15) is 10.5 Å². The largest absolute Gasteiger partial charge is 0.319 e. The Labute approximate surface area is 169 Å². The molecule has 2 heterocycles. The van der Waals surface area contributed by atoms with Gasteiger partial charge in [-0.05, 0) is 42.1 Å². The molecular formula is C18H14ClN7OS. The van der Waals surface area contributed by atoms with Gasteiger partial charge in [0.05, 0.1) is 17.6 Å². The molecule has 10 heteroatoms. The maximum Gasteiger partial charge on any atom is 0.277 e. The standard InChI is InChI=1S/C18H14ClN7OS/c1-25-11-20-23-18(25)28-16-8-7-12(19)9-14(16)22-17(27)15-10-21-26(24-15)13-5-3-2-4-6-13/h2-11H,1H3,(H,22,27). The van der Waals surface area contributed by atoms with Gasteiger partial charge in [0.2, 0.25) is 0 Å². The summed E-state index contributed by atoms with van der Waals surface area (Å²) in [6.07, 6.45) is 3.03. The van der Waals surface area contributed by atoms with Crippen molar-refractivity contribution in [2.45, 2.75) is 10.1 Å². The van der Waals surface area contributed by atoms with Gasteiger partial charge in [-0.2, -0.15) is 9.90 Å². The Morgan fingerprint density at radius 1 is 1.18 bits per heavy atom. The third-order valence-corrected chi connectivity index (χ3v) is 5.14. The zero-order valence-corrected chi connectivity index (χ0v) is 16.2. The van der Waals surface area contributed by atoms with E-state index >= 15 is 0 Å². The van der Waals surface area contributed by atoms with Crippen LogP contribution in [0.3, 0.4) is 0 Å². The van der Waals surface area contributed by atoms with Gasteiger partial charge >= 0.3 is 0 Å². The quantitative estimate of drug-likeness (QED) is 0.541. The number of amides is 1. The first-order valence-electron chi connectivity index (χ1n) is 8.20. The highest BCUT2D eigenvalue weighted by Gasteiger charge is 2.16. The lowest BCUT2D eigenvalue weighted by Crippen LogP contribution is -2.14. The lowest BCUT2D eigenvalue weighted by Gasteiger charge is -2.10. The normalized spacial score (nSPS) is 10.8. The number of aromatic nitrogens is 6. The number of para-hydroxylation sites is 1. The number of carbonyl (C=O) groups excluding carboxylic acids is 1. The van der Waals surface area contributed by atoms with E-state index in [0.29, 0.717) is 15.9 Å². The van der Waals surface area contributed by atoms with E-state index in [0.717, 1.165) is 10.6 Å². The first-order valence-corrected chi connectivity index (χ1v) is 9.40. The maximum absolute atomic E-state index is 12.7. The zero-order valence-electron chi connectivity index (χ0n) is 14.7. The van der Waals surface area contributed by atoms with Gasteiger partial charge in [0, 0.05) is 17.0 Å². The average Bonchev–Trinajstić information content (AvgIpc) is 3.34. The predicted octanol–water partition coefficient (Wildman–Crippen LogP) is 3.45. The summed E-state index contributed by atoms with van der Waals surface area (Å²) in [5, 5.41) is 20.4. The number of halogens is 1. The van der Waals surface area contributed by atoms with Gasteiger partial charge in [-0.15, -0.1) is 15.3 Å². The zero-order chi connectivity index (χ0) is 19.5. The van der Waals surface area contributed by atoms with E-state index in [2.05, 4.69) is 25.7 Å². The molecule has 140 valence electrons. The molecule has 0 fully saturated rings. The van der Waals surface area contributed by atoms with Crippen LogP contribution < -0.4 is 5.32 Å². The van der Waals surface area contributed by atoms with Gasteiger partial charge in [-0.25, -0.2) is 0 Å². The number of anilines is 1. The smallest absolute Gasteiger partial charge is 0.277 e. The summed E-state index contributed by atoms with van der Waals surface area (Å²) in [6, 6.07) is 14.6. The molecule has 0 radical (unpaired) electrons. The Kier molecular flexibility index (Phi) is 5.09. The summed E-state index contributed by atoms with van der Waals surface area (Å²) in [4.78, 5) is 14.9. The van der Waals surface area contributed by atoms with Gasteiger partial charge in [-0.1, -0.05) is 29.8 Å². The minimum atomic E-state index is -0.385. The highest BCUT2D eigenvalue weighted by atomic mass is 35.5. The highest BCUT2D eigenvalue weighted by molar-refractivity contribution is 7.99. The van der Waals surface area contributed by atoms with Crippen molar-refractivity contribution in [2.24, 2.45) is 7.05 Å². The molecule has 4 rings (SSSR count). The third-order valence-electron chi connectivity index (χ3n) is 3.77. The Balaban J connectivity index is 1.57. The predicted molar refractivity (Wildman–Crippen MR) is 106 cm³/mol. The molecule has 0 unspecified atom stereocenters. The van der Waals surface area contributed by atoms with E-state index in [4.69, 9.17) is 11.6 Å². The molecule has 0 saturated carbocycles. The SMILES string of the molecule is Cn1cnnc1Sc1ccc(Cl)cc1NC(=O)c1cnn(-c2ccccc2)n1. The van der Waals surface area contributed by atoms with Crippen LogP contribution >= 0.6 is 23.4 Å². The van der Waals surface area contributed by atoms with Crippen molar-refractivity contribution in [1.29, 1.82) is 0 Å². The van der Waals surface area contributed by atoms with E-state index in [1.54, 1.807) is 23.0 Å². The van der Waals surface area contributed by atoms with Crippen LogP contribution in [0.4, 0.5) is 5.69 Å². The second-order valence-electron chi connectivity index (χ2n) is 5.78.